The Balaban J connectivity index is 1.84. The number of aryl methyl sites for hydroxylation is 1. The van der Waals surface area contributed by atoms with E-state index in [1.807, 2.05) is 26.0 Å². The summed E-state index contributed by atoms with van der Waals surface area (Å²) in [4.78, 5) is 17.5. The van der Waals surface area contributed by atoms with Gasteiger partial charge in [-0.25, -0.2) is 0 Å². The Kier molecular flexibility index (Phi) is 5.41. The van der Waals surface area contributed by atoms with Crippen LogP contribution in [0.3, 0.4) is 0 Å². The largest absolute Gasteiger partial charge is 0.393 e. The Bertz CT molecular complexity index is 887. The van der Waals surface area contributed by atoms with Crippen molar-refractivity contribution in [3.05, 3.63) is 57.6 Å². The predicted octanol–water partition coefficient (Wildman–Crippen LogP) is 3.59. The summed E-state index contributed by atoms with van der Waals surface area (Å²) >= 11 is 0. The van der Waals surface area contributed by atoms with Crippen LogP contribution < -0.4 is 10.6 Å². The molecular weight excluding hydrogens is 344 g/mol. The van der Waals surface area contributed by atoms with Crippen molar-refractivity contribution in [3.8, 4) is 0 Å². The molecule has 1 heterocycles. The number of nitro benzene ring substituents is 1. The fourth-order valence-electron chi connectivity index (χ4n) is 3.26. The van der Waals surface area contributed by atoms with Gasteiger partial charge in [0.2, 0.25) is 0 Å². The number of piperidine rings is 1. The van der Waals surface area contributed by atoms with Gasteiger partial charge in [-0.2, -0.15) is 0 Å². The van der Waals surface area contributed by atoms with E-state index >= 15 is 0 Å². The summed E-state index contributed by atoms with van der Waals surface area (Å²) < 4.78 is 0. The van der Waals surface area contributed by atoms with Crippen LogP contribution in [0.25, 0.3) is 0 Å². The van der Waals surface area contributed by atoms with Gasteiger partial charge in [-0.05, 0) is 56.5 Å². The number of nitrogen functional groups attached to an aromatic ring is 1. The van der Waals surface area contributed by atoms with E-state index in [0.717, 1.165) is 42.9 Å². The molecular formula is C20H24N4O3. The molecule has 1 saturated heterocycles. The molecule has 3 N–H and O–H groups in total. The lowest BCUT2D eigenvalue weighted by Gasteiger charge is -2.31. The number of aliphatic hydroxyl groups excluding tert-OH is 1. The molecule has 27 heavy (non-hydrogen) atoms. The number of hydrogen-bond donors (Lipinski definition) is 2. The zero-order valence-electron chi connectivity index (χ0n) is 15.6. The Hall–Kier alpha value is -2.93. The zero-order valence-corrected chi connectivity index (χ0v) is 15.6. The molecule has 0 aliphatic carbocycles. The summed E-state index contributed by atoms with van der Waals surface area (Å²) in [5.41, 5.74) is 10.0. The molecule has 7 nitrogen and oxygen atoms in total. The van der Waals surface area contributed by atoms with Crippen molar-refractivity contribution >= 4 is 28.5 Å². The Morgan fingerprint density at radius 2 is 1.96 bits per heavy atom. The molecule has 0 atom stereocenters. The third-order valence-electron chi connectivity index (χ3n) is 4.94. The lowest BCUT2D eigenvalue weighted by atomic mass is 10.1. The monoisotopic (exact) mass is 368 g/mol. The normalized spacial score (nSPS) is 15.8. The van der Waals surface area contributed by atoms with E-state index < -0.39 is 4.92 Å². The van der Waals surface area contributed by atoms with Crippen LogP contribution in [-0.4, -0.2) is 34.9 Å². The Morgan fingerprint density at radius 3 is 2.59 bits per heavy atom. The summed E-state index contributed by atoms with van der Waals surface area (Å²) in [5, 5.41) is 20.7. The molecule has 0 saturated carbocycles. The van der Waals surface area contributed by atoms with Crippen LogP contribution in [0.1, 0.15) is 30.9 Å². The van der Waals surface area contributed by atoms with Crippen LogP contribution in [0.5, 0.6) is 0 Å². The van der Waals surface area contributed by atoms with Gasteiger partial charge in [0.15, 0.2) is 0 Å². The van der Waals surface area contributed by atoms with E-state index in [0.29, 0.717) is 11.3 Å². The van der Waals surface area contributed by atoms with Crippen LogP contribution in [0, 0.1) is 17.0 Å². The second kappa shape index (κ2) is 7.75. The van der Waals surface area contributed by atoms with Crippen LogP contribution in [0.2, 0.25) is 0 Å². The maximum absolute atomic E-state index is 11.1. The summed E-state index contributed by atoms with van der Waals surface area (Å²) in [6, 6.07) is 10.8. The molecule has 1 aliphatic rings. The number of nitrogens with zero attached hydrogens (tertiary/aromatic N) is 3. The van der Waals surface area contributed by atoms with Gasteiger partial charge >= 0.3 is 0 Å². The first-order chi connectivity index (χ1) is 12.8. The van der Waals surface area contributed by atoms with Crippen molar-refractivity contribution in [1.82, 2.24) is 0 Å². The first kappa shape index (κ1) is 18.8. The predicted molar refractivity (Wildman–Crippen MR) is 108 cm³/mol. The van der Waals surface area contributed by atoms with Gasteiger partial charge in [-0.15, -0.1) is 0 Å². The highest BCUT2D eigenvalue weighted by molar-refractivity contribution is 6.01. The smallest absolute Gasteiger partial charge is 0.292 e. The first-order valence-electron chi connectivity index (χ1n) is 8.98. The standard InChI is InChI=1S/C20H24N4O3/c1-13-11-16(23-9-7-17(25)8-10-23)4-6-19(13)22-14(2)15-3-5-18(21)20(12-15)24(26)27/h3-6,11-12,17,25H,7-10,21H2,1-2H3. The summed E-state index contributed by atoms with van der Waals surface area (Å²) in [5.74, 6) is 0. The molecule has 0 unspecified atom stereocenters. The fourth-order valence-corrected chi connectivity index (χ4v) is 3.26. The molecule has 0 bridgehead atoms. The highest BCUT2D eigenvalue weighted by Gasteiger charge is 2.18. The fraction of sp³-hybridized carbons (Fsp3) is 0.350. The third-order valence-corrected chi connectivity index (χ3v) is 4.94. The molecule has 2 aromatic rings. The molecule has 0 radical (unpaired) electrons. The molecule has 2 aromatic carbocycles. The van der Waals surface area contributed by atoms with Gasteiger partial charge < -0.3 is 15.7 Å². The minimum absolute atomic E-state index is 0.110. The van der Waals surface area contributed by atoms with Crippen LogP contribution >= 0.6 is 0 Å². The van der Waals surface area contributed by atoms with Crippen molar-refractivity contribution in [2.45, 2.75) is 32.8 Å². The minimum Gasteiger partial charge on any atom is -0.393 e. The molecule has 142 valence electrons. The first-order valence-corrected chi connectivity index (χ1v) is 8.98. The SMILES string of the molecule is CC(=Nc1ccc(N2CCC(O)CC2)cc1C)c1ccc(N)c([N+](=O)[O-])c1. The summed E-state index contributed by atoms with van der Waals surface area (Å²) in [6.45, 7) is 5.52. The van der Waals surface area contributed by atoms with E-state index in [-0.39, 0.29) is 17.5 Å². The van der Waals surface area contributed by atoms with Crippen molar-refractivity contribution in [2.75, 3.05) is 23.7 Å². The highest BCUT2D eigenvalue weighted by Crippen LogP contribution is 2.28. The minimum atomic E-state index is -0.484. The van der Waals surface area contributed by atoms with Gasteiger partial charge in [-0.1, -0.05) is 6.07 Å². The average molecular weight is 368 g/mol. The van der Waals surface area contributed by atoms with Crippen molar-refractivity contribution in [1.29, 1.82) is 0 Å². The van der Waals surface area contributed by atoms with Crippen molar-refractivity contribution in [2.24, 2.45) is 4.99 Å². The van der Waals surface area contributed by atoms with Crippen LogP contribution in [0.4, 0.5) is 22.7 Å². The van der Waals surface area contributed by atoms with Gasteiger partial charge in [0.1, 0.15) is 5.69 Å². The number of nitrogens with two attached hydrogens (primary N) is 1. The molecule has 0 spiro atoms. The van der Waals surface area contributed by atoms with Crippen LogP contribution in [-0.2, 0) is 0 Å². The quantitative estimate of drug-likeness (QED) is 0.371. The third kappa shape index (κ3) is 4.25. The van der Waals surface area contributed by atoms with E-state index in [4.69, 9.17) is 5.73 Å². The lowest BCUT2D eigenvalue weighted by Crippen LogP contribution is -2.35. The van der Waals surface area contributed by atoms with Gasteiger partial charge in [0.05, 0.1) is 16.7 Å². The number of benzene rings is 2. The van der Waals surface area contributed by atoms with Crippen molar-refractivity contribution in [3.63, 3.8) is 0 Å². The molecule has 1 fully saturated rings. The van der Waals surface area contributed by atoms with Gasteiger partial charge in [0, 0.05) is 36.1 Å². The number of hydrogen-bond acceptors (Lipinski definition) is 6. The number of nitro groups is 1. The maximum Gasteiger partial charge on any atom is 0.292 e. The second-order valence-electron chi connectivity index (χ2n) is 6.92. The highest BCUT2D eigenvalue weighted by atomic mass is 16.6. The number of anilines is 2. The summed E-state index contributed by atoms with van der Waals surface area (Å²) in [7, 11) is 0. The molecule has 3 rings (SSSR count). The zero-order chi connectivity index (χ0) is 19.6. The Labute approximate surface area is 158 Å². The Morgan fingerprint density at radius 1 is 1.26 bits per heavy atom. The average Bonchev–Trinajstić information content (AvgIpc) is 2.64. The second-order valence-corrected chi connectivity index (χ2v) is 6.92. The van der Waals surface area contributed by atoms with E-state index in [1.54, 1.807) is 6.07 Å². The lowest BCUT2D eigenvalue weighted by molar-refractivity contribution is -0.383. The number of aliphatic hydroxyl groups is 1. The maximum atomic E-state index is 11.1. The van der Waals surface area contributed by atoms with E-state index in [1.165, 1.54) is 12.1 Å². The molecule has 0 aromatic heterocycles. The molecule has 7 heteroatoms. The van der Waals surface area contributed by atoms with E-state index in [9.17, 15) is 15.2 Å². The summed E-state index contributed by atoms with van der Waals surface area (Å²) in [6.07, 6.45) is 1.37. The topological polar surface area (TPSA) is 105 Å². The van der Waals surface area contributed by atoms with Gasteiger partial charge in [-0.3, -0.25) is 15.1 Å². The van der Waals surface area contributed by atoms with Gasteiger partial charge in [0.25, 0.3) is 5.69 Å². The van der Waals surface area contributed by atoms with E-state index in [2.05, 4.69) is 16.0 Å². The van der Waals surface area contributed by atoms with Crippen LogP contribution in [0.15, 0.2) is 41.4 Å². The number of aliphatic imine (C=N–C) groups is 1. The molecule has 0 amide bonds. The molecule has 1 aliphatic heterocycles. The van der Waals surface area contributed by atoms with Crippen molar-refractivity contribution < 1.29 is 10.0 Å². The number of rotatable bonds is 4.